The Morgan fingerprint density at radius 2 is 1.89 bits per heavy atom. The lowest BCUT2D eigenvalue weighted by Gasteiger charge is -2.32. The summed E-state index contributed by atoms with van der Waals surface area (Å²) in [5, 5.41) is 6.66. The van der Waals surface area contributed by atoms with Crippen molar-refractivity contribution in [1.29, 1.82) is 0 Å². The maximum absolute atomic E-state index is 12.4. The highest BCUT2D eigenvalue weighted by Gasteiger charge is 2.25. The van der Waals surface area contributed by atoms with E-state index in [0.29, 0.717) is 31.6 Å². The van der Waals surface area contributed by atoms with Gasteiger partial charge in [0.1, 0.15) is 5.75 Å². The SMILES string of the molecule is Cc1cc(C(=O)NC2CCN(C(=O)COc3c(C)cccc3C)CC2)on1. The predicted octanol–water partition coefficient (Wildman–Crippen LogP) is 2.40. The smallest absolute Gasteiger partial charge is 0.290 e. The number of carbonyl (C=O) groups is 2. The molecule has 2 heterocycles. The van der Waals surface area contributed by atoms with E-state index < -0.39 is 0 Å². The van der Waals surface area contributed by atoms with Crippen molar-refractivity contribution in [3.8, 4) is 5.75 Å². The first-order chi connectivity index (χ1) is 12.9. The van der Waals surface area contributed by atoms with Crippen molar-refractivity contribution in [2.24, 2.45) is 0 Å². The molecule has 3 rings (SSSR count). The second kappa shape index (κ2) is 8.24. The van der Waals surface area contributed by atoms with Gasteiger partial charge in [-0.15, -0.1) is 0 Å². The summed E-state index contributed by atoms with van der Waals surface area (Å²) in [7, 11) is 0. The second-order valence-electron chi connectivity index (χ2n) is 6.97. The molecule has 0 spiro atoms. The number of nitrogens with zero attached hydrogens (tertiary/aromatic N) is 2. The lowest BCUT2D eigenvalue weighted by Crippen LogP contribution is -2.47. The molecule has 0 atom stereocenters. The fourth-order valence-electron chi connectivity index (χ4n) is 3.25. The van der Waals surface area contributed by atoms with Gasteiger partial charge in [0.2, 0.25) is 5.76 Å². The van der Waals surface area contributed by atoms with Crippen LogP contribution in [0.5, 0.6) is 5.75 Å². The number of hydrogen-bond acceptors (Lipinski definition) is 5. The van der Waals surface area contributed by atoms with Crippen molar-refractivity contribution in [3.63, 3.8) is 0 Å². The Hall–Kier alpha value is -2.83. The number of benzene rings is 1. The molecule has 1 saturated heterocycles. The number of hydrogen-bond donors (Lipinski definition) is 1. The lowest BCUT2D eigenvalue weighted by molar-refractivity contribution is -0.134. The summed E-state index contributed by atoms with van der Waals surface area (Å²) in [5.41, 5.74) is 2.71. The van der Waals surface area contributed by atoms with Crippen molar-refractivity contribution < 1.29 is 18.8 Å². The summed E-state index contributed by atoms with van der Waals surface area (Å²) < 4.78 is 10.7. The van der Waals surface area contributed by atoms with Gasteiger partial charge < -0.3 is 19.5 Å². The van der Waals surface area contributed by atoms with Crippen molar-refractivity contribution >= 4 is 11.8 Å². The van der Waals surface area contributed by atoms with Crippen LogP contribution in [0.3, 0.4) is 0 Å². The van der Waals surface area contributed by atoms with Gasteiger partial charge >= 0.3 is 0 Å². The third-order valence-corrected chi connectivity index (χ3v) is 4.78. The van der Waals surface area contributed by atoms with Crippen LogP contribution in [0.2, 0.25) is 0 Å². The largest absolute Gasteiger partial charge is 0.483 e. The summed E-state index contributed by atoms with van der Waals surface area (Å²) >= 11 is 0. The van der Waals surface area contributed by atoms with E-state index in [4.69, 9.17) is 9.26 Å². The molecule has 0 aliphatic carbocycles. The number of rotatable bonds is 5. The van der Waals surface area contributed by atoms with Gasteiger partial charge in [-0.2, -0.15) is 0 Å². The van der Waals surface area contributed by atoms with E-state index in [0.717, 1.165) is 16.9 Å². The molecule has 1 aromatic carbocycles. The van der Waals surface area contributed by atoms with E-state index in [9.17, 15) is 9.59 Å². The molecule has 1 aromatic heterocycles. The number of nitrogens with one attached hydrogen (secondary N) is 1. The first kappa shape index (κ1) is 18.9. The second-order valence-corrected chi connectivity index (χ2v) is 6.97. The third-order valence-electron chi connectivity index (χ3n) is 4.78. The first-order valence-corrected chi connectivity index (χ1v) is 9.15. The van der Waals surface area contributed by atoms with Gasteiger partial charge in [-0.3, -0.25) is 9.59 Å². The van der Waals surface area contributed by atoms with E-state index in [-0.39, 0.29) is 30.2 Å². The van der Waals surface area contributed by atoms with Crippen LogP contribution < -0.4 is 10.1 Å². The fraction of sp³-hybridized carbons (Fsp3) is 0.450. The van der Waals surface area contributed by atoms with Crippen LogP contribution in [0, 0.1) is 20.8 Å². The Morgan fingerprint density at radius 3 is 2.48 bits per heavy atom. The molecule has 27 heavy (non-hydrogen) atoms. The number of carbonyl (C=O) groups excluding carboxylic acids is 2. The highest BCUT2D eigenvalue weighted by Crippen LogP contribution is 2.22. The molecule has 144 valence electrons. The molecule has 0 saturated carbocycles. The van der Waals surface area contributed by atoms with E-state index in [2.05, 4.69) is 10.5 Å². The monoisotopic (exact) mass is 371 g/mol. The van der Waals surface area contributed by atoms with Crippen molar-refractivity contribution in [2.45, 2.75) is 39.7 Å². The number of likely N-dealkylation sites (tertiary alicyclic amines) is 1. The standard InChI is InChI=1S/C20H25N3O4/c1-13-5-4-6-14(2)19(13)26-12-18(24)23-9-7-16(8-10-23)21-20(25)17-11-15(3)22-27-17/h4-6,11,16H,7-10,12H2,1-3H3,(H,21,25). The minimum Gasteiger partial charge on any atom is -0.483 e. The van der Waals surface area contributed by atoms with Crippen LogP contribution in [0.15, 0.2) is 28.8 Å². The predicted molar refractivity (Wildman–Crippen MR) is 99.7 cm³/mol. The van der Waals surface area contributed by atoms with Crippen molar-refractivity contribution in [2.75, 3.05) is 19.7 Å². The summed E-state index contributed by atoms with van der Waals surface area (Å²) in [6.45, 7) is 6.92. The van der Waals surface area contributed by atoms with Crippen LogP contribution >= 0.6 is 0 Å². The topological polar surface area (TPSA) is 84.7 Å². The molecule has 2 aromatic rings. The maximum atomic E-state index is 12.4. The average molecular weight is 371 g/mol. The zero-order chi connectivity index (χ0) is 19.4. The molecule has 0 unspecified atom stereocenters. The summed E-state index contributed by atoms with van der Waals surface area (Å²) in [5.74, 6) is 0.690. The van der Waals surface area contributed by atoms with Gasteiger partial charge in [-0.25, -0.2) is 0 Å². The molecule has 2 amide bonds. The van der Waals surface area contributed by atoms with Gasteiger partial charge in [-0.1, -0.05) is 23.4 Å². The van der Waals surface area contributed by atoms with Crippen LogP contribution in [0.4, 0.5) is 0 Å². The van der Waals surface area contributed by atoms with Gasteiger partial charge in [0.15, 0.2) is 6.61 Å². The molecule has 0 radical (unpaired) electrons. The molecular formula is C20H25N3O4. The molecule has 7 heteroatoms. The Bertz CT molecular complexity index is 802. The Labute approximate surface area is 158 Å². The highest BCUT2D eigenvalue weighted by molar-refractivity contribution is 5.91. The number of ether oxygens (including phenoxy) is 1. The van der Waals surface area contributed by atoms with Crippen molar-refractivity contribution in [1.82, 2.24) is 15.4 Å². The quantitative estimate of drug-likeness (QED) is 0.872. The summed E-state index contributed by atoms with van der Waals surface area (Å²) in [4.78, 5) is 26.3. The molecule has 7 nitrogen and oxygen atoms in total. The average Bonchev–Trinajstić information content (AvgIpc) is 3.08. The number of aryl methyl sites for hydroxylation is 3. The maximum Gasteiger partial charge on any atom is 0.290 e. The van der Waals surface area contributed by atoms with Gasteiger partial charge in [-0.05, 0) is 44.7 Å². The first-order valence-electron chi connectivity index (χ1n) is 9.15. The van der Waals surface area contributed by atoms with Crippen LogP contribution in [-0.2, 0) is 4.79 Å². The summed E-state index contributed by atoms with van der Waals surface area (Å²) in [6.07, 6.45) is 1.40. The zero-order valence-corrected chi connectivity index (χ0v) is 15.9. The lowest BCUT2D eigenvalue weighted by atomic mass is 10.0. The number of piperidine rings is 1. The number of aromatic nitrogens is 1. The van der Waals surface area contributed by atoms with Gasteiger partial charge in [0, 0.05) is 25.2 Å². The Balaban J connectivity index is 1.46. The minimum atomic E-state index is -0.265. The van der Waals surface area contributed by atoms with Crippen LogP contribution in [0.1, 0.15) is 40.2 Å². The minimum absolute atomic E-state index is 0.0199. The number of para-hydroxylation sites is 1. The van der Waals surface area contributed by atoms with Crippen LogP contribution in [-0.4, -0.2) is 47.6 Å². The molecule has 1 N–H and O–H groups in total. The molecule has 1 aliphatic rings. The molecule has 0 bridgehead atoms. The normalized spacial score (nSPS) is 14.9. The number of amides is 2. The van der Waals surface area contributed by atoms with Crippen molar-refractivity contribution in [3.05, 3.63) is 46.8 Å². The summed E-state index contributed by atoms with van der Waals surface area (Å²) in [6, 6.07) is 7.54. The Kier molecular flexibility index (Phi) is 5.78. The van der Waals surface area contributed by atoms with Gasteiger partial charge in [0.05, 0.1) is 5.69 Å². The molecule has 1 aliphatic heterocycles. The fourth-order valence-corrected chi connectivity index (χ4v) is 3.25. The van der Waals surface area contributed by atoms with E-state index in [1.165, 1.54) is 0 Å². The van der Waals surface area contributed by atoms with E-state index in [1.807, 2.05) is 32.0 Å². The molecule has 1 fully saturated rings. The van der Waals surface area contributed by atoms with E-state index in [1.54, 1.807) is 17.9 Å². The van der Waals surface area contributed by atoms with Gasteiger partial charge in [0.25, 0.3) is 11.8 Å². The zero-order valence-electron chi connectivity index (χ0n) is 15.9. The highest BCUT2D eigenvalue weighted by atomic mass is 16.5. The Morgan fingerprint density at radius 1 is 1.22 bits per heavy atom. The molecular weight excluding hydrogens is 346 g/mol. The van der Waals surface area contributed by atoms with E-state index >= 15 is 0 Å². The third kappa shape index (κ3) is 4.67. The van der Waals surface area contributed by atoms with Crippen LogP contribution in [0.25, 0.3) is 0 Å².